The molecule has 13 heavy (non-hydrogen) atoms. The maximum absolute atomic E-state index is 5.20. The molecule has 4 heteroatoms. The van der Waals surface area contributed by atoms with Crippen LogP contribution in [0.2, 0.25) is 0 Å². The molecule has 0 amide bonds. The van der Waals surface area contributed by atoms with Gasteiger partial charge in [0.05, 0.1) is 5.38 Å². The molecule has 0 unspecified atom stereocenters. The van der Waals surface area contributed by atoms with Gasteiger partial charge in [0, 0.05) is 12.6 Å². The van der Waals surface area contributed by atoms with Crippen molar-refractivity contribution in [3.05, 3.63) is 36.4 Å². The van der Waals surface area contributed by atoms with Crippen LogP contribution in [0.25, 0.3) is 10.7 Å². The molecular weight excluding hydrogens is 184 g/mol. The topological polar surface area (TPSA) is 38.9 Å². The van der Waals surface area contributed by atoms with Gasteiger partial charge in [-0.1, -0.05) is 6.08 Å². The number of oxazole rings is 1. The lowest BCUT2D eigenvalue weighted by Gasteiger charge is -1.83. The van der Waals surface area contributed by atoms with Crippen LogP contribution in [-0.2, 0) is 6.42 Å². The lowest BCUT2D eigenvalue weighted by atomic mass is 10.4. The van der Waals surface area contributed by atoms with Crippen molar-refractivity contribution in [3.8, 4) is 10.7 Å². The molecule has 0 aliphatic carbocycles. The molecule has 1 radical (unpaired) electrons. The lowest BCUT2D eigenvalue weighted by molar-refractivity contribution is 0.509. The molecule has 0 aliphatic heterocycles. The minimum Gasteiger partial charge on any atom is -0.448 e. The van der Waals surface area contributed by atoms with Gasteiger partial charge in [-0.05, 0) is 0 Å². The van der Waals surface area contributed by atoms with E-state index in [-0.39, 0.29) is 0 Å². The first-order valence-corrected chi connectivity index (χ1v) is 4.59. The number of nitrogens with zero attached hydrogens (tertiary/aromatic N) is 2. The standard InChI is InChI=1S/C9H7N2OS/c1-2-3-8-11-7(6-12-8)9-10-4-5-13-9/h2,4,6H,1,3H2. The third-order valence-electron chi connectivity index (χ3n) is 1.48. The van der Waals surface area contributed by atoms with E-state index in [4.69, 9.17) is 4.42 Å². The Hall–Kier alpha value is -1.42. The van der Waals surface area contributed by atoms with Crippen molar-refractivity contribution in [2.24, 2.45) is 0 Å². The third kappa shape index (κ3) is 1.67. The van der Waals surface area contributed by atoms with Gasteiger partial charge in [-0.15, -0.1) is 17.9 Å². The summed E-state index contributed by atoms with van der Waals surface area (Å²) in [6.07, 6.45) is 5.63. The van der Waals surface area contributed by atoms with Crippen LogP contribution in [0.1, 0.15) is 5.89 Å². The first-order valence-electron chi connectivity index (χ1n) is 3.77. The van der Waals surface area contributed by atoms with Gasteiger partial charge in [0.2, 0.25) is 0 Å². The van der Waals surface area contributed by atoms with Crippen molar-refractivity contribution in [3.63, 3.8) is 0 Å². The predicted octanol–water partition coefficient (Wildman–Crippen LogP) is 2.33. The highest BCUT2D eigenvalue weighted by Crippen LogP contribution is 2.20. The molecule has 2 aromatic rings. The van der Waals surface area contributed by atoms with E-state index in [2.05, 4.69) is 21.9 Å². The van der Waals surface area contributed by atoms with Crippen LogP contribution in [0, 0.1) is 5.38 Å². The molecule has 0 aliphatic rings. The zero-order valence-electron chi connectivity index (χ0n) is 6.86. The minimum atomic E-state index is 0.648. The first-order chi connectivity index (χ1) is 6.40. The van der Waals surface area contributed by atoms with E-state index in [0.29, 0.717) is 12.3 Å². The molecule has 0 atom stereocenters. The lowest BCUT2D eigenvalue weighted by Crippen LogP contribution is -1.80. The van der Waals surface area contributed by atoms with Crippen molar-refractivity contribution >= 4 is 11.3 Å². The number of hydrogen-bond donors (Lipinski definition) is 0. The van der Waals surface area contributed by atoms with Crippen LogP contribution in [0.4, 0.5) is 0 Å². The van der Waals surface area contributed by atoms with Crippen LogP contribution in [-0.4, -0.2) is 9.97 Å². The fourth-order valence-electron chi connectivity index (χ4n) is 0.938. The van der Waals surface area contributed by atoms with Gasteiger partial charge >= 0.3 is 0 Å². The van der Waals surface area contributed by atoms with Crippen molar-refractivity contribution in [1.29, 1.82) is 0 Å². The van der Waals surface area contributed by atoms with Crippen LogP contribution in [0.3, 0.4) is 0 Å². The Morgan fingerprint density at radius 3 is 3.31 bits per heavy atom. The maximum Gasteiger partial charge on any atom is 0.198 e. The summed E-state index contributed by atoms with van der Waals surface area (Å²) in [5.74, 6) is 0.667. The smallest absolute Gasteiger partial charge is 0.198 e. The van der Waals surface area contributed by atoms with Crippen LogP contribution >= 0.6 is 11.3 Å². The van der Waals surface area contributed by atoms with E-state index < -0.39 is 0 Å². The normalized spacial score (nSPS) is 10.2. The summed E-state index contributed by atoms with van der Waals surface area (Å²) >= 11 is 1.42. The molecular formula is C9H7N2OS. The van der Waals surface area contributed by atoms with Gasteiger partial charge in [0.1, 0.15) is 17.0 Å². The largest absolute Gasteiger partial charge is 0.448 e. The highest BCUT2D eigenvalue weighted by molar-refractivity contribution is 7.12. The Labute approximate surface area is 79.8 Å². The number of hydrogen-bond acceptors (Lipinski definition) is 4. The van der Waals surface area contributed by atoms with E-state index in [0.717, 1.165) is 10.7 Å². The van der Waals surface area contributed by atoms with Crippen molar-refractivity contribution in [2.75, 3.05) is 0 Å². The zero-order chi connectivity index (χ0) is 9.10. The average Bonchev–Trinajstić information content (AvgIpc) is 2.70. The molecule has 2 aromatic heterocycles. The Bertz CT molecular complexity index is 391. The number of aromatic nitrogens is 2. The summed E-state index contributed by atoms with van der Waals surface area (Å²) in [5.41, 5.74) is 0.767. The summed E-state index contributed by atoms with van der Waals surface area (Å²) < 4.78 is 5.20. The summed E-state index contributed by atoms with van der Waals surface area (Å²) in [7, 11) is 0. The van der Waals surface area contributed by atoms with Crippen LogP contribution in [0.15, 0.2) is 29.5 Å². The third-order valence-corrected chi connectivity index (χ3v) is 2.21. The number of allylic oxidation sites excluding steroid dienone is 1. The Morgan fingerprint density at radius 2 is 2.62 bits per heavy atom. The average molecular weight is 191 g/mol. The fourth-order valence-corrected chi connectivity index (χ4v) is 1.46. The molecule has 0 fully saturated rings. The summed E-state index contributed by atoms with van der Waals surface area (Å²) in [5, 5.41) is 3.73. The van der Waals surface area contributed by atoms with E-state index in [1.165, 1.54) is 11.3 Å². The van der Waals surface area contributed by atoms with E-state index in [9.17, 15) is 0 Å². The number of thiazole rings is 1. The highest BCUT2D eigenvalue weighted by atomic mass is 32.1. The second kappa shape index (κ2) is 3.53. The van der Waals surface area contributed by atoms with E-state index >= 15 is 0 Å². The highest BCUT2D eigenvalue weighted by Gasteiger charge is 2.06. The molecule has 65 valence electrons. The van der Waals surface area contributed by atoms with Gasteiger partial charge in [0.15, 0.2) is 5.89 Å². The Kier molecular flexibility index (Phi) is 2.23. The Morgan fingerprint density at radius 1 is 1.69 bits per heavy atom. The summed E-state index contributed by atoms with van der Waals surface area (Å²) in [4.78, 5) is 8.31. The molecule has 0 spiro atoms. The second-order valence-corrected chi connectivity index (χ2v) is 3.23. The van der Waals surface area contributed by atoms with Gasteiger partial charge in [-0.25, -0.2) is 9.97 Å². The van der Waals surface area contributed by atoms with E-state index in [1.807, 2.05) is 0 Å². The van der Waals surface area contributed by atoms with Crippen molar-refractivity contribution in [2.45, 2.75) is 6.42 Å². The quantitative estimate of drug-likeness (QED) is 0.699. The van der Waals surface area contributed by atoms with Crippen LogP contribution < -0.4 is 0 Å². The fraction of sp³-hybridized carbons (Fsp3) is 0.111. The van der Waals surface area contributed by atoms with Gasteiger partial charge in [-0.2, -0.15) is 0 Å². The van der Waals surface area contributed by atoms with E-state index in [1.54, 1.807) is 18.5 Å². The summed E-state index contributed by atoms with van der Waals surface area (Å²) in [6.45, 7) is 3.61. The molecule has 0 saturated carbocycles. The van der Waals surface area contributed by atoms with Gasteiger partial charge in [-0.3, -0.25) is 0 Å². The second-order valence-electron chi connectivity index (χ2n) is 2.40. The molecule has 0 aromatic carbocycles. The SMILES string of the molecule is C=CCc1nc(-c2nc[c]s2)co1. The molecule has 0 N–H and O–H groups in total. The molecule has 2 heterocycles. The Balaban J connectivity index is 2.28. The molecule has 0 bridgehead atoms. The number of rotatable bonds is 3. The summed E-state index contributed by atoms with van der Waals surface area (Å²) in [6, 6.07) is 0. The maximum atomic E-state index is 5.20. The van der Waals surface area contributed by atoms with Crippen molar-refractivity contribution in [1.82, 2.24) is 9.97 Å². The van der Waals surface area contributed by atoms with Crippen LogP contribution in [0.5, 0.6) is 0 Å². The molecule has 2 rings (SSSR count). The van der Waals surface area contributed by atoms with Gasteiger partial charge < -0.3 is 4.42 Å². The van der Waals surface area contributed by atoms with Gasteiger partial charge in [0.25, 0.3) is 0 Å². The molecule has 3 nitrogen and oxygen atoms in total. The van der Waals surface area contributed by atoms with Crippen molar-refractivity contribution < 1.29 is 4.42 Å². The minimum absolute atomic E-state index is 0.648. The first kappa shape index (κ1) is 8.19. The monoisotopic (exact) mass is 191 g/mol. The predicted molar refractivity (Wildman–Crippen MR) is 50.3 cm³/mol. The zero-order valence-corrected chi connectivity index (χ0v) is 7.67. The molecule has 0 saturated heterocycles.